The molecule has 0 aliphatic carbocycles. The van der Waals surface area contributed by atoms with Gasteiger partial charge in [0.05, 0.1) is 5.54 Å². The number of rotatable bonds is 1. The van der Waals surface area contributed by atoms with Crippen LogP contribution in [0.25, 0.3) is 0 Å². The maximum atomic E-state index is 6.20. The van der Waals surface area contributed by atoms with E-state index in [9.17, 15) is 0 Å². The Labute approximate surface area is 129 Å². The molecule has 3 rings (SSSR count). The number of halogens is 1. The van der Waals surface area contributed by atoms with Crippen molar-refractivity contribution in [3.8, 4) is 0 Å². The second-order valence-electron chi connectivity index (χ2n) is 5.12. The fourth-order valence-electron chi connectivity index (χ4n) is 2.72. The van der Waals surface area contributed by atoms with Gasteiger partial charge in [0.1, 0.15) is 0 Å². The summed E-state index contributed by atoms with van der Waals surface area (Å²) in [6.45, 7) is 2.17. The highest BCUT2D eigenvalue weighted by Crippen LogP contribution is 2.43. The first-order chi connectivity index (χ1) is 9.53. The molecule has 20 heavy (non-hydrogen) atoms. The molecule has 1 aliphatic heterocycles. The Morgan fingerprint density at radius 1 is 1.15 bits per heavy atom. The van der Waals surface area contributed by atoms with Crippen LogP contribution >= 0.6 is 23.8 Å². The molecule has 2 aromatic carbocycles. The molecular formula is C16H15ClN2S. The SMILES string of the molecule is CN1C(=S)Nc2ccc(Cl)cc2C1(C)c1ccccc1. The van der Waals surface area contributed by atoms with Crippen LogP contribution in [0.5, 0.6) is 0 Å². The molecule has 1 aliphatic rings. The van der Waals surface area contributed by atoms with Crippen molar-refractivity contribution >= 4 is 34.6 Å². The lowest BCUT2D eigenvalue weighted by Crippen LogP contribution is -2.51. The summed E-state index contributed by atoms with van der Waals surface area (Å²) in [6, 6.07) is 16.2. The third-order valence-electron chi connectivity index (χ3n) is 4.06. The lowest BCUT2D eigenvalue weighted by atomic mass is 9.81. The predicted octanol–water partition coefficient (Wildman–Crippen LogP) is 4.25. The van der Waals surface area contributed by atoms with E-state index in [1.165, 1.54) is 5.56 Å². The number of anilines is 1. The zero-order chi connectivity index (χ0) is 14.3. The molecule has 0 saturated heterocycles. The quantitative estimate of drug-likeness (QED) is 0.793. The molecule has 0 fully saturated rings. The fourth-order valence-corrected chi connectivity index (χ4v) is 3.19. The first kappa shape index (κ1) is 13.4. The van der Waals surface area contributed by atoms with Crippen molar-refractivity contribution in [2.45, 2.75) is 12.5 Å². The van der Waals surface area contributed by atoms with E-state index in [4.69, 9.17) is 23.8 Å². The van der Waals surface area contributed by atoms with E-state index >= 15 is 0 Å². The van der Waals surface area contributed by atoms with E-state index in [1.54, 1.807) is 0 Å². The second-order valence-corrected chi connectivity index (χ2v) is 5.94. The van der Waals surface area contributed by atoms with Gasteiger partial charge in [0.15, 0.2) is 5.11 Å². The molecule has 2 aromatic rings. The van der Waals surface area contributed by atoms with Crippen LogP contribution in [0.15, 0.2) is 48.5 Å². The Kier molecular flexibility index (Phi) is 3.19. The number of fused-ring (bicyclic) bond motifs is 1. The van der Waals surface area contributed by atoms with Crippen LogP contribution in [0.2, 0.25) is 5.02 Å². The molecular weight excluding hydrogens is 288 g/mol. The molecule has 1 heterocycles. The highest BCUT2D eigenvalue weighted by Gasteiger charge is 2.40. The summed E-state index contributed by atoms with van der Waals surface area (Å²) in [5.41, 5.74) is 3.01. The van der Waals surface area contributed by atoms with Crippen LogP contribution in [0.3, 0.4) is 0 Å². The molecule has 1 atom stereocenters. The van der Waals surface area contributed by atoms with E-state index in [0.717, 1.165) is 16.3 Å². The molecule has 0 saturated carbocycles. The third kappa shape index (κ3) is 1.89. The molecule has 1 N–H and O–H groups in total. The second kappa shape index (κ2) is 4.76. The van der Waals surface area contributed by atoms with E-state index in [-0.39, 0.29) is 5.54 Å². The Hall–Kier alpha value is -1.58. The summed E-state index contributed by atoms with van der Waals surface area (Å²) in [5, 5.41) is 4.71. The minimum Gasteiger partial charge on any atom is -0.338 e. The van der Waals surface area contributed by atoms with E-state index in [0.29, 0.717) is 5.11 Å². The van der Waals surface area contributed by atoms with Gasteiger partial charge in [-0.1, -0.05) is 41.9 Å². The maximum Gasteiger partial charge on any atom is 0.174 e. The highest BCUT2D eigenvalue weighted by atomic mass is 35.5. The molecule has 0 amide bonds. The minimum atomic E-state index is -0.330. The van der Waals surface area contributed by atoms with Gasteiger partial charge in [-0.15, -0.1) is 0 Å². The molecule has 102 valence electrons. The average molecular weight is 303 g/mol. The van der Waals surface area contributed by atoms with E-state index < -0.39 is 0 Å². The summed E-state index contributed by atoms with van der Waals surface area (Å²) >= 11 is 11.7. The van der Waals surface area contributed by atoms with Gasteiger partial charge in [0, 0.05) is 23.3 Å². The third-order valence-corrected chi connectivity index (χ3v) is 4.67. The number of nitrogens with one attached hydrogen (secondary N) is 1. The summed E-state index contributed by atoms with van der Waals surface area (Å²) in [4.78, 5) is 2.08. The Bertz CT molecular complexity index is 671. The zero-order valence-corrected chi connectivity index (χ0v) is 12.9. The van der Waals surface area contributed by atoms with E-state index in [2.05, 4.69) is 29.3 Å². The summed E-state index contributed by atoms with van der Waals surface area (Å²) in [5.74, 6) is 0. The van der Waals surface area contributed by atoms with Crippen molar-refractivity contribution in [3.05, 3.63) is 64.7 Å². The van der Waals surface area contributed by atoms with Crippen molar-refractivity contribution < 1.29 is 0 Å². The van der Waals surface area contributed by atoms with Crippen LogP contribution in [0.1, 0.15) is 18.1 Å². The van der Waals surface area contributed by atoms with Gasteiger partial charge in [-0.2, -0.15) is 0 Å². The molecule has 0 radical (unpaired) electrons. The summed E-state index contributed by atoms with van der Waals surface area (Å²) in [7, 11) is 2.01. The van der Waals surface area contributed by atoms with Gasteiger partial charge in [0.25, 0.3) is 0 Å². The largest absolute Gasteiger partial charge is 0.338 e. The Balaban J connectivity index is 2.28. The van der Waals surface area contributed by atoms with E-state index in [1.807, 2.05) is 43.4 Å². The van der Waals surface area contributed by atoms with Crippen molar-refractivity contribution in [1.82, 2.24) is 4.90 Å². The predicted molar refractivity (Wildman–Crippen MR) is 88.3 cm³/mol. The number of benzene rings is 2. The summed E-state index contributed by atoms with van der Waals surface area (Å²) < 4.78 is 0. The first-order valence-electron chi connectivity index (χ1n) is 6.44. The van der Waals surface area contributed by atoms with Crippen molar-refractivity contribution in [2.24, 2.45) is 0 Å². The first-order valence-corrected chi connectivity index (χ1v) is 7.22. The van der Waals surface area contributed by atoms with Crippen LogP contribution in [-0.4, -0.2) is 17.1 Å². The standard InChI is InChI=1S/C16H15ClN2S/c1-16(11-6-4-3-5-7-11)13-10-12(17)8-9-14(13)18-15(20)19(16)2/h3-10H,1-2H3,(H,18,20). The van der Waals surface area contributed by atoms with Crippen molar-refractivity contribution in [3.63, 3.8) is 0 Å². The maximum absolute atomic E-state index is 6.20. The lowest BCUT2D eigenvalue weighted by molar-refractivity contribution is 0.287. The molecule has 2 nitrogen and oxygen atoms in total. The van der Waals surface area contributed by atoms with Crippen LogP contribution < -0.4 is 5.32 Å². The zero-order valence-electron chi connectivity index (χ0n) is 11.4. The van der Waals surface area contributed by atoms with Crippen molar-refractivity contribution in [1.29, 1.82) is 0 Å². The number of hydrogen-bond acceptors (Lipinski definition) is 1. The Morgan fingerprint density at radius 3 is 2.55 bits per heavy atom. The fraction of sp³-hybridized carbons (Fsp3) is 0.188. The number of thiocarbonyl (C=S) groups is 1. The summed E-state index contributed by atoms with van der Waals surface area (Å²) in [6.07, 6.45) is 0. The molecule has 4 heteroatoms. The Morgan fingerprint density at radius 2 is 1.85 bits per heavy atom. The van der Waals surface area contributed by atoms with Gasteiger partial charge in [-0.25, -0.2) is 0 Å². The van der Waals surface area contributed by atoms with Crippen molar-refractivity contribution in [2.75, 3.05) is 12.4 Å². The number of hydrogen-bond donors (Lipinski definition) is 1. The smallest absolute Gasteiger partial charge is 0.174 e. The molecule has 1 unspecified atom stereocenters. The van der Waals surface area contributed by atoms with Crippen LogP contribution in [-0.2, 0) is 5.54 Å². The van der Waals surface area contributed by atoms with Gasteiger partial charge in [-0.05, 0) is 42.9 Å². The van der Waals surface area contributed by atoms with Gasteiger partial charge >= 0.3 is 0 Å². The normalized spacial score (nSPS) is 21.4. The minimum absolute atomic E-state index is 0.330. The van der Waals surface area contributed by atoms with Gasteiger partial charge in [0.2, 0.25) is 0 Å². The lowest BCUT2D eigenvalue weighted by Gasteiger charge is -2.46. The average Bonchev–Trinajstić information content (AvgIpc) is 2.47. The number of nitrogens with zero attached hydrogens (tertiary/aromatic N) is 1. The highest BCUT2D eigenvalue weighted by molar-refractivity contribution is 7.80. The van der Waals surface area contributed by atoms with Gasteiger partial charge in [-0.3, -0.25) is 0 Å². The topological polar surface area (TPSA) is 15.3 Å². The van der Waals surface area contributed by atoms with Crippen LogP contribution in [0, 0.1) is 0 Å². The molecule has 0 aromatic heterocycles. The molecule has 0 bridgehead atoms. The molecule has 0 spiro atoms. The van der Waals surface area contributed by atoms with Gasteiger partial charge < -0.3 is 10.2 Å². The van der Waals surface area contributed by atoms with Crippen LogP contribution in [0.4, 0.5) is 5.69 Å². The monoisotopic (exact) mass is 302 g/mol.